The first kappa shape index (κ1) is 21.1. The number of esters is 1. The Morgan fingerprint density at radius 2 is 2.09 bits per heavy atom. The van der Waals surface area contributed by atoms with Crippen molar-refractivity contribution in [2.24, 2.45) is 0 Å². The standard InChI is InChI=1S/C8H15N5O2S.C2HF3O2/c1-2-15-7(14)6(9)4-3-5-16-8-10-12-13-11-8;3-2(4,5)1(6)7/h6H,2-5,9H2,1H3,(H,10,11,12,13);(H,6,7)/t6-;/m0./s1. The summed E-state index contributed by atoms with van der Waals surface area (Å²) in [6.45, 7) is 2.19. The van der Waals surface area contributed by atoms with Crippen molar-refractivity contribution in [2.45, 2.75) is 37.1 Å². The number of aromatic amines is 1. The number of alkyl halides is 3. The number of ether oxygens (including phenoxy) is 1. The first-order chi connectivity index (χ1) is 10.7. The lowest BCUT2D eigenvalue weighted by Crippen LogP contribution is -2.65. The minimum atomic E-state index is -5.19. The molecule has 0 bridgehead atoms. The first-order valence-corrected chi connectivity index (χ1v) is 7.31. The second kappa shape index (κ2) is 10.8. The maximum absolute atomic E-state index is 11.2. The van der Waals surface area contributed by atoms with Crippen molar-refractivity contribution < 1.29 is 38.3 Å². The van der Waals surface area contributed by atoms with E-state index in [9.17, 15) is 18.0 Å². The number of thioether (sulfide) groups is 1. The summed E-state index contributed by atoms with van der Waals surface area (Å²) < 4.78 is 36.4. The van der Waals surface area contributed by atoms with Crippen molar-refractivity contribution in [1.29, 1.82) is 0 Å². The minimum absolute atomic E-state index is 0.230. The van der Waals surface area contributed by atoms with Gasteiger partial charge in [0.25, 0.3) is 0 Å². The summed E-state index contributed by atoms with van der Waals surface area (Å²) in [6, 6.07) is -0.286. The molecule has 0 radical (unpaired) electrons. The van der Waals surface area contributed by atoms with Gasteiger partial charge in [0.15, 0.2) is 6.04 Å². The Bertz CT molecular complexity index is 472. The molecule has 0 saturated heterocycles. The zero-order valence-electron chi connectivity index (χ0n) is 12.1. The second-order valence-corrected chi connectivity index (χ2v) is 4.98. The lowest BCUT2D eigenvalue weighted by molar-refractivity contribution is -0.409. The highest BCUT2D eigenvalue weighted by Gasteiger charge is 2.28. The maximum atomic E-state index is 11.2. The average molecular weight is 359 g/mol. The molecule has 0 aromatic carbocycles. The van der Waals surface area contributed by atoms with Gasteiger partial charge in [-0.2, -0.15) is 18.4 Å². The van der Waals surface area contributed by atoms with E-state index in [0.717, 1.165) is 12.2 Å². The number of halogens is 3. The van der Waals surface area contributed by atoms with E-state index in [-0.39, 0.29) is 12.0 Å². The van der Waals surface area contributed by atoms with Crippen molar-refractivity contribution >= 4 is 23.7 Å². The predicted octanol–water partition coefficient (Wildman–Crippen LogP) is -1.46. The van der Waals surface area contributed by atoms with E-state index in [2.05, 4.69) is 26.4 Å². The van der Waals surface area contributed by atoms with Gasteiger partial charge >= 0.3 is 12.1 Å². The number of H-pyrrole nitrogens is 1. The molecule has 0 aliphatic heterocycles. The monoisotopic (exact) mass is 359 g/mol. The molecule has 0 amide bonds. The van der Waals surface area contributed by atoms with Crippen molar-refractivity contribution in [1.82, 2.24) is 20.6 Å². The fourth-order valence-electron chi connectivity index (χ4n) is 1.08. The predicted molar refractivity (Wildman–Crippen MR) is 68.5 cm³/mol. The number of tetrazole rings is 1. The topological polar surface area (TPSA) is 149 Å². The number of carboxylic acid groups (broad SMARTS) is 1. The number of aromatic nitrogens is 4. The van der Waals surface area contributed by atoms with Crippen LogP contribution in [-0.4, -0.2) is 57.1 Å². The van der Waals surface area contributed by atoms with Crippen LogP contribution in [0.25, 0.3) is 0 Å². The summed E-state index contributed by atoms with van der Waals surface area (Å²) in [4.78, 5) is 20.0. The van der Waals surface area contributed by atoms with E-state index in [1.165, 1.54) is 11.8 Å². The molecule has 13 heteroatoms. The fourth-order valence-corrected chi connectivity index (χ4v) is 1.78. The van der Waals surface area contributed by atoms with Crippen LogP contribution in [-0.2, 0) is 14.3 Å². The molecule has 1 aromatic rings. The van der Waals surface area contributed by atoms with Gasteiger partial charge in [-0.05, 0) is 18.6 Å². The van der Waals surface area contributed by atoms with Gasteiger partial charge in [0.05, 0.1) is 6.61 Å². The Morgan fingerprint density at radius 3 is 2.52 bits per heavy atom. The van der Waals surface area contributed by atoms with Gasteiger partial charge in [-0.1, -0.05) is 11.8 Å². The van der Waals surface area contributed by atoms with Crippen LogP contribution >= 0.6 is 11.8 Å². The number of rotatable bonds is 7. The molecular formula is C10H16F3N5O4S. The quantitative estimate of drug-likeness (QED) is 0.341. The van der Waals surface area contributed by atoms with Crippen molar-refractivity contribution in [3.8, 4) is 0 Å². The van der Waals surface area contributed by atoms with Crippen molar-refractivity contribution in [2.75, 3.05) is 12.4 Å². The number of carbonyl (C=O) groups is 2. The largest absolute Gasteiger partial charge is 0.542 e. The molecule has 1 aromatic heterocycles. The van der Waals surface area contributed by atoms with Crippen LogP contribution in [0.4, 0.5) is 13.2 Å². The van der Waals surface area contributed by atoms with E-state index in [1.54, 1.807) is 6.92 Å². The normalized spacial score (nSPS) is 12.0. The number of nitrogens with one attached hydrogen (secondary N) is 1. The Hall–Kier alpha value is -1.89. The van der Waals surface area contributed by atoms with Gasteiger partial charge in [0.1, 0.15) is 5.97 Å². The van der Waals surface area contributed by atoms with Gasteiger partial charge in [0, 0.05) is 12.2 Å². The number of hydrogen-bond acceptors (Lipinski definition) is 8. The number of carbonyl (C=O) groups excluding carboxylic acids is 2. The first-order valence-electron chi connectivity index (χ1n) is 6.32. The molecule has 9 nitrogen and oxygen atoms in total. The summed E-state index contributed by atoms with van der Waals surface area (Å²) in [6.07, 6.45) is -3.62. The zero-order valence-corrected chi connectivity index (χ0v) is 12.9. The van der Waals surface area contributed by atoms with Crippen LogP contribution in [0.15, 0.2) is 5.16 Å². The number of aliphatic carboxylic acids is 1. The summed E-state index contributed by atoms with van der Waals surface area (Å²) in [5, 5.41) is 22.8. The highest BCUT2D eigenvalue weighted by atomic mass is 32.2. The Morgan fingerprint density at radius 1 is 1.48 bits per heavy atom. The highest BCUT2D eigenvalue weighted by molar-refractivity contribution is 7.99. The second-order valence-electron chi connectivity index (χ2n) is 3.92. The van der Waals surface area contributed by atoms with Gasteiger partial charge in [0.2, 0.25) is 5.16 Å². The molecule has 4 N–H and O–H groups in total. The van der Waals surface area contributed by atoms with Crippen LogP contribution in [0, 0.1) is 0 Å². The molecule has 0 fully saturated rings. The molecular weight excluding hydrogens is 343 g/mol. The third-order valence-corrected chi connectivity index (χ3v) is 3.03. The molecule has 1 heterocycles. The highest BCUT2D eigenvalue weighted by Crippen LogP contribution is 2.12. The third-order valence-electron chi connectivity index (χ3n) is 2.11. The number of carboxylic acids is 1. The van der Waals surface area contributed by atoms with Crippen LogP contribution in [0.5, 0.6) is 0 Å². The van der Waals surface area contributed by atoms with Crippen LogP contribution in [0.1, 0.15) is 19.8 Å². The maximum Gasteiger partial charge on any atom is 0.430 e. The van der Waals surface area contributed by atoms with Crippen molar-refractivity contribution in [3.63, 3.8) is 0 Å². The molecule has 23 heavy (non-hydrogen) atoms. The van der Waals surface area contributed by atoms with Gasteiger partial charge in [-0.25, -0.2) is 4.79 Å². The van der Waals surface area contributed by atoms with Crippen molar-refractivity contribution in [3.05, 3.63) is 0 Å². The minimum Gasteiger partial charge on any atom is -0.542 e. The summed E-state index contributed by atoms with van der Waals surface area (Å²) in [5.74, 6) is -2.40. The Balaban J connectivity index is 0.000000585. The van der Waals surface area contributed by atoms with Crippen LogP contribution in [0.2, 0.25) is 0 Å². The number of nitrogens with zero attached hydrogens (tertiary/aromatic N) is 3. The molecule has 0 unspecified atom stereocenters. The molecule has 0 aliphatic carbocycles. The number of hydrogen-bond donors (Lipinski definition) is 2. The molecule has 1 atom stereocenters. The van der Waals surface area contributed by atoms with Gasteiger partial charge in [-0.3, -0.25) is 0 Å². The van der Waals surface area contributed by atoms with Crippen LogP contribution in [0.3, 0.4) is 0 Å². The Kier molecular flexibility index (Phi) is 9.89. The summed E-state index contributed by atoms with van der Waals surface area (Å²) in [5.41, 5.74) is 3.76. The molecule has 0 saturated carbocycles. The van der Waals surface area contributed by atoms with Gasteiger partial charge in [-0.15, -0.1) is 10.2 Å². The molecule has 0 aliphatic rings. The Labute approximate surface area is 133 Å². The lowest BCUT2D eigenvalue weighted by atomic mass is 10.2. The molecule has 0 spiro atoms. The van der Waals surface area contributed by atoms with E-state index < -0.39 is 12.1 Å². The fraction of sp³-hybridized carbons (Fsp3) is 0.700. The van der Waals surface area contributed by atoms with E-state index >= 15 is 0 Å². The molecule has 1 rings (SSSR count). The summed E-state index contributed by atoms with van der Waals surface area (Å²) in [7, 11) is 0. The summed E-state index contributed by atoms with van der Waals surface area (Å²) >= 11 is 1.50. The van der Waals surface area contributed by atoms with E-state index in [1.807, 2.05) is 0 Å². The number of quaternary nitrogens is 1. The third kappa shape index (κ3) is 10.5. The molecule has 132 valence electrons. The lowest BCUT2D eigenvalue weighted by Gasteiger charge is -2.06. The zero-order chi connectivity index (χ0) is 17.9. The van der Waals surface area contributed by atoms with Crippen LogP contribution < -0.4 is 10.8 Å². The SMILES string of the molecule is CCOC(=O)[C@@H]([NH3+])CCCSc1nn[nH]n1.O=C([O-])C(F)(F)F. The van der Waals surface area contributed by atoms with E-state index in [0.29, 0.717) is 18.2 Å². The average Bonchev–Trinajstić information content (AvgIpc) is 2.96. The van der Waals surface area contributed by atoms with E-state index in [4.69, 9.17) is 14.6 Å². The van der Waals surface area contributed by atoms with Gasteiger partial charge < -0.3 is 20.4 Å². The smallest absolute Gasteiger partial charge is 0.430 e.